The Bertz CT molecular complexity index is 456. The molecule has 0 heterocycles. The molecule has 1 saturated carbocycles. The lowest BCUT2D eigenvalue weighted by atomic mass is 9.87. The fourth-order valence-electron chi connectivity index (χ4n) is 3.54. The number of hydrogen-bond donors (Lipinski definition) is 2. The number of nitrogens with one attached hydrogen (secondary N) is 1. The Labute approximate surface area is 128 Å². The third kappa shape index (κ3) is 3.57. The van der Waals surface area contributed by atoms with Gasteiger partial charge in [-0.1, -0.05) is 30.5 Å². The lowest BCUT2D eigenvalue weighted by Crippen LogP contribution is -2.54. The van der Waals surface area contributed by atoms with Gasteiger partial charge in [0, 0.05) is 6.61 Å². The van der Waals surface area contributed by atoms with Crippen LogP contribution >= 0.6 is 0 Å². The van der Waals surface area contributed by atoms with Crippen molar-refractivity contribution < 1.29 is 9.47 Å². The summed E-state index contributed by atoms with van der Waals surface area (Å²) < 4.78 is 11.6. The molecule has 1 fully saturated rings. The number of aryl methyl sites for hydroxylation is 1. The van der Waals surface area contributed by atoms with E-state index in [-0.39, 0.29) is 11.6 Å². The van der Waals surface area contributed by atoms with E-state index in [1.807, 2.05) is 6.07 Å². The zero-order chi connectivity index (χ0) is 15.3. The fraction of sp³-hybridized carbons (Fsp3) is 0.647. The Kier molecular flexibility index (Phi) is 5.62. The first-order chi connectivity index (χ1) is 10.1. The summed E-state index contributed by atoms with van der Waals surface area (Å²) >= 11 is 0. The molecule has 3 N–H and O–H groups in total. The van der Waals surface area contributed by atoms with Crippen LogP contribution in [0.1, 0.15) is 43.7 Å². The van der Waals surface area contributed by atoms with E-state index < -0.39 is 0 Å². The quantitative estimate of drug-likeness (QED) is 0.599. The van der Waals surface area contributed by atoms with Gasteiger partial charge in [-0.05, 0) is 44.7 Å². The highest BCUT2D eigenvalue weighted by Gasteiger charge is 2.42. The van der Waals surface area contributed by atoms with Gasteiger partial charge in [-0.15, -0.1) is 0 Å². The van der Waals surface area contributed by atoms with Crippen molar-refractivity contribution >= 4 is 0 Å². The molecule has 1 unspecified atom stereocenters. The summed E-state index contributed by atoms with van der Waals surface area (Å²) in [5.74, 6) is 6.80. The van der Waals surface area contributed by atoms with Gasteiger partial charge in [-0.25, -0.2) is 0 Å². The monoisotopic (exact) mass is 292 g/mol. The zero-order valence-corrected chi connectivity index (χ0v) is 13.4. The van der Waals surface area contributed by atoms with Gasteiger partial charge in [0.25, 0.3) is 0 Å². The Balaban J connectivity index is 2.24. The van der Waals surface area contributed by atoms with E-state index in [0.717, 1.165) is 31.6 Å². The molecule has 0 aromatic heterocycles. The van der Waals surface area contributed by atoms with Crippen molar-refractivity contribution in [3.8, 4) is 5.75 Å². The van der Waals surface area contributed by atoms with Gasteiger partial charge >= 0.3 is 0 Å². The van der Waals surface area contributed by atoms with Crippen molar-refractivity contribution in [1.29, 1.82) is 0 Å². The van der Waals surface area contributed by atoms with Gasteiger partial charge < -0.3 is 9.47 Å². The second kappa shape index (κ2) is 7.25. The van der Waals surface area contributed by atoms with Crippen LogP contribution in [0.4, 0.5) is 0 Å². The minimum Gasteiger partial charge on any atom is -0.496 e. The highest BCUT2D eigenvalue weighted by Crippen LogP contribution is 2.38. The average Bonchev–Trinajstić information content (AvgIpc) is 2.95. The van der Waals surface area contributed by atoms with Crippen LogP contribution in [0.25, 0.3) is 0 Å². The van der Waals surface area contributed by atoms with Crippen LogP contribution in [-0.2, 0) is 11.2 Å². The Morgan fingerprint density at radius 1 is 1.33 bits per heavy atom. The summed E-state index contributed by atoms with van der Waals surface area (Å²) in [5, 5.41) is 0. The van der Waals surface area contributed by atoms with Crippen molar-refractivity contribution in [2.24, 2.45) is 5.84 Å². The molecule has 0 amide bonds. The van der Waals surface area contributed by atoms with Crippen molar-refractivity contribution in [2.45, 2.75) is 57.6 Å². The summed E-state index contributed by atoms with van der Waals surface area (Å²) in [6, 6.07) is 6.38. The molecule has 118 valence electrons. The number of methoxy groups -OCH3 is 1. The van der Waals surface area contributed by atoms with Crippen LogP contribution in [0, 0.1) is 6.92 Å². The standard InChI is InChI=1S/C17H28N2O2/c1-4-21-17(9-5-6-10-17)16(19-18)12-14-11-13(2)7-8-15(14)20-3/h7-8,11,16,19H,4-6,9-10,12,18H2,1-3H3. The topological polar surface area (TPSA) is 56.5 Å². The first-order valence-corrected chi connectivity index (χ1v) is 7.89. The molecule has 4 heteroatoms. The van der Waals surface area contributed by atoms with Gasteiger partial charge in [-0.2, -0.15) is 0 Å². The summed E-state index contributed by atoms with van der Waals surface area (Å²) in [6.07, 6.45) is 5.39. The fourth-order valence-corrected chi connectivity index (χ4v) is 3.54. The van der Waals surface area contributed by atoms with Crippen molar-refractivity contribution in [3.63, 3.8) is 0 Å². The van der Waals surface area contributed by atoms with Crippen LogP contribution in [-0.4, -0.2) is 25.4 Å². The number of ether oxygens (including phenoxy) is 2. The summed E-state index contributed by atoms with van der Waals surface area (Å²) in [7, 11) is 1.72. The SMILES string of the molecule is CCOC1(C(Cc2cc(C)ccc2OC)NN)CCCC1. The van der Waals surface area contributed by atoms with Crippen LogP contribution in [0.3, 0.4) is 0 Å². The predicted molar refractivity (Wildman–Crippen MR) is 85.4 cm³/mol. The second-order valence-corrected chi connectivity index (χ2v) is 5.94. The van der Waals surface area contributed by atoms with E-state index in [4.69, 9.17) is 15.3 Å². The van der Waals surface area contributed by atoms with Crippen LogP contribution < -0.4 is 16.0 Å². The summed E-state index contributed by atoms with van der Waals surface area (Å²) in [4.78, 5) is 0. The molecule has 0 saturated heterocycles. The molecule has 2 rings (SSSR count). The maximum atomic E-state index is 6.14. The van der Waals surface area contributed by atoms with E-state index in [1.54, 1.807) is 7.11 Å². The van der Waals surface area contributed by atoms with E-state index in [2.05, 4.69) is 31.4 Å². The first kappa shape index (κ1) is 16.3. The Hall–Kier alpha value is -1.10. The van der Waals surface area contributed by atoms with Crippen molar-refractivity contribution in [3.05, 3.63) is 29.3 Å². The molecule has 0 aliphatic heterocycles. The maximum Gasteiger partial charge on any atom is 0.122 e. The number of benzene rings is 1. The van der Waals surface area contributed by atoms with Gasteiger partial charge in [-0.3, -0.25) is 11.3 Å². The third-order valence-corrected chi connectivity index (χ3v) is 4.58. The normalized spacial score (nSPS) is 18.7. The van der Waals surface area contributed by atoms with Gasteiger partial charge in [0.15, 0.2) is 0 Å². The van der Waals surface area contributed by atoms with Crippen LogP contribution in [0.5, 0.6) is 5.75 Å². The Morgan fingerprint density at radius 3 is 2.62 bits per heavy atom. The lowest BCUT2D eigenvalue weighted by Gasteiger charge is -2.37. The van der Waals surface area contributed by atoms with E-state index in [1.165, 1.54) is 24.0 Å². The highest BCUT2D eigenvalue weighted by atomic mass is 16.5. The lowest BCUT2D eigenvalue weighted by molar-refractivity contribution is -0.0614. The molecule has 1 aliphatic carbocycles. The molecule has 0 spiro atoms. The summed E-state index contributed by atoms with van der Waals surface area (Å²) in [5.41, 5.74) is 5.29. The smallest absolute Gasteiger partial charge is 0.122 e. The largest absolute Gasteiger partial charge is 0.496 e. The van der Waals surface area contributed by atoms with E-state index in [9.17, 15) is 0 Å². The molecule has 21 heavy (non-hydrogen) atoms. The minimum absolute atomic E-state index is 0.107. The molecule has 0 bridgehead atoms. The Morgan fingerprint density at radius 2 is 2.05 bits per heavy atom. The number of rotatable bonds is 7. The predicted octanol–water partition coefficient (Wildman–Crippen LogP) is 2.73. The molecule has 1 aromatic carbocycles. The highest BCUT2D eigenvalue weighted by molar-refractivity contribution is 5.37. The average molecular weight is 292 g/mol. The van der Waals surface area contributed by atoms with Crippen molar-refractivity contribution in [2.75, 3.05) is 13.7 Å². The number of nitrogens with two attached hydrogens (primary N) is 1. The summed E-state index contributed by atoms with van der Waals surface area (Å²) in [6.45, 7) is 4.88. The maximum absolute atomic E-state index is 6.14. The zero-order valence-electron chi connectivity index (χ0n) is 13.4. The molecule has 4 nitrogen and oxygen atoms in total. The number of hydrazine groups is 1. The number of hydrogen-bond acceptors (Lipinski definition) is 4. The van der Waals surface area contributed by atoms with E-state index >= 15 is 0 Å². The van der Waals surface area contributed by atoms with Crippen LogP contribution in [0.15, 0.2) is 18.2 Å². The van der Waals surface area contributed by atoms with Crippen molar-refractivity contribution in [1.82, 2.24) is 5.43 Å². The molecule has 0 radical (unpaired) electrons. The molecular weight excluding hydrogens is 264 g/mol. The van der Waals surface area contributed by atoms with E-state index in [0.29, 0.717) is 0 Å². The van der Waals surface area contributed by atoms with Gasteiger partial charge in [0.1, 0.15) is 5.75 Å². The third-order valence-electron chi connectivity index (χ3n) is 4.58. The van der Waals surface area contributed by atoms with Gasteiger partial charge in [0.2, 0.25) is 0 Å². The molecular formula is C17H28N2O2. The molecule has 1 aromatic rings. The van der Waals surface area contributed by atoms with Gasteiger partial charge in [0.05, 0.1) is 18.8 Å². The van der Waals surface area contributed by atoms with Crippen LogP contribution in [0.2, 0.25) is 0 Å². The molecule has 1 atom stereocenters. The molecule has 1 aliphatic rings. The first-order valence-electron chi connectivity index (χ1n) is 7.89. The second-order valence-electron chi connectivity index (χ2n) is 5.94. The minimum atomic E-state index is -0.141.